The van der Waals surface area contributed by atoms with E-state index in [9.17, 15) is 24.6 Å². The first kappa shape index (κ1) is 21.9. The summed E-state index contributed by atoms with van der Waals surface area (Å²) in [6.07, 6.45) is 0. The largest absolute Gasteiger partial charge is 0.496 e. The van der Waals surface area contributed by atoms with E-state index in [1.807, 2.05) is 6.07 Å². The Morgan fingerprint density at radius 1 is 1.10 bits per heavy atom. The summed E-state index contributed by atoms with van der Waals surface area (Å²) in [6, 6.07) is 11.6. The Morgan fingerprint density at radius 3 is 2.42 bits per heavy atom. The molecule has 1 aromatic heterocycles. The van der Waals surface area contributed by atoms with E-state index in [0.29, 0.717) is 17.1 Å². The van der Waals surface area contributed by atoms with Gasteiger partial charge in [-0.05, 0) is 35.9 Å². The molecular weight excluding hydrogens is 472 g/mol. The summed E-state index contributed by atoms with van der Waals surface area (Å²) in [6.45, 7) is 0.0386. The molecule has 0 spiro atoms. The molecule has 3 rings (SSSR count). The highest BCUT2D eigenvalue weighted by Crippen LogP contribution is 2.33. The van der Waals surface area contributed by atoms with Gasteiger partial charge in [0, 0.05) is 15.6 Å². The maximum Gasteiger partial charge on any atom is 0.342 e. The van der Waals surface area contributed by atoms with Crippen LogP contribution in [0.5, 0.6) is 11.5 Å². The molecule has 5 N–H and O–H groups in total. The molecular formula is C21H17BrN2O7. The number of hydrogen-bond donors (Lipinski definition) is 4. The van der Waals surface area contributed by atoms with Crippen LogP contribution in [0.25, 0.3) is 11.1 Å². The Bertz CT molecular complexity index is 1240. The van der Waals surface area contributed by atoms with Gasteiger partial charge < -0.3 is 30.4 Å². The fraction of sp³-hybridized carbons (Fsp3) is 0.0952. The number of aromatic amines is 1. The van der Waals surface area contributed by atoms with E-state index in [2.05, 4.69) is 20.9 Å². The first-order valence-electron chi connectivity index (χ1n) is 8.81. The maximum atomic E-state index is 12.2. The van der Waals surface area contributed by atoms with Crippen molar-refractivity contribution in [2.45, 2.75) is 6.61 Å². The minimum absolute atomic E-state index is 0.0386. The standard InChI is InChI=1S/C21H17BrN2O7/c1-30-14-6-5-10(7-11(14)9-31-13-4-2-3-12(22)8-13)15-16(20(26)27)18(23)24-19(25)17(15)21(28)29/h2-8H,9H2,1H3,(H,26,27)(H,28,29)(H3,23,24,25). The number of benzene rings is 2. The summed E-state index contributed by atoms with van der Waals surface area (Å²) in [4.78, 5) is 37.9. The molecule has 0 unspecified atom stereocenters. The fourth-order valence-electron chi connectivity index (χ4n) is 3.10. The quantitative estimate of drug-likeness (QED) is 0.394. The van der Waals surface area contributed by atoms with E-state index in [-0.39, 0.29) is 17.7 Å². The molecule has 10 heteroatoms. The summed E-state index contributed by atoms with van der Waals surface area (Å²) in [7, 11) is 1.45. The third kappa shape index (κ3) is 4.53. The number of halogens is 1. The zero-order valence-electron chi connectivity index (χ0n) is 16.1. The first-order chi connectivity index (χ1) is 14.7. The SMILES string of the molecule is COc1ccc(-c2c(C(=O)O)c(N)[nH]c(=O)c2C(=O)O)cc1COc1cccc(Br)c1. The fourth-order valence-corrected chi connectivity index (χ4v) is 3.48. The van der Waals surface area contributed by atoms with Crippen molar-refractivity contribution in [3.8, 4) is 22.6 Å². The van der Waals surface area contributed by atoms with Crippen molar-refractivity contribution < 1.29 is 29.3 Å². The number of ether oxygens (including phenoxy) is 2. The number of H-pyrrole nitrogens is 1. The van der Waals surface area contributed by atoms with Crippen molar-refractivity contribution in [3.63, 3.8) is 0 Å². The summed E-state index contributed by atoms with van der Waals surface area (Å²) >= 11 is 3.35. The third-order valence-electron chi connectivity index (χ3n) is 4.43. The normalized spacial score (nSPS) is 10.5. The van der Waals surface area contributed by atoms with E-state index in [0.717, 1.165) is 4.47 Å². The van der Waals surface area contributed by atoms with Crippen molar-refractivity contribution in [3.05, 3.63) is 74.0 Å². The molecule has 1 heterocycles. The molecule has 3 aromatic rings. The molecule has 0 aliphatic carbocycles. The number of methoxy groups -OCH3 is 1. The zero-order chi connectivity index (χ0) is 22.7. The van der Waals surface area contributed by atoms with Crippen molar-refractivity contribution >= 4 is 33.7 Å². The van der Waals surface area contributed by atoms with Gasteiger partial charge in [0.2, 0.25) is 0 Å². The van der Waals surface area contributed by atoms with Crippen LogP contribution in [0, 0.1) is 0 Å². The number of carboxylic acids is 2. The monoisotopic (exact) mass is 488 g/mol. The highest BCUT2D eigenvalue weighted by atomic mass is 79.9. The highest BCUT2D eigenvalue weighted by Gasteiger charge is 2.27. The van der Waals surface area contributed by atoms with Crippen LogP contribution in [0.3, 0.4) is 0 Å². The molecule has 2 aromatic carbocycles. The van der Waals surface area contributed by atoms with Crippen LogP contribution < -0.4 is 20.8 Å². The predicted octanol–water partition coefficient (Wildman–Crippen LogP) is 3.37. The summed E-state index contributed by atoms with van der Waals surface area (Å²) in [5, 5.41) is 19.1. The Kier molecular flexibility index (Phi) is 6.30. The van der Waals surface area contributed by atoms with Crippen molar-refractivity contribution in [1.82, 2.24) is 4.98 Å². The minimum Gasteiger partial charge on any atom is -0.496 e. The van der Waals surface area contributed by atoms with Gasteiger partial charge in [-0.25, -0.2) is 9.59 Å². The first-order valence-corrected chi connectivity index (χ1v) is 9.60. The average Bonchev–Trinajstić information content (AvgIpc) is 2.70. The minimum atomic E-state index is -1.58. The Balaban J connectivity index is 2.16. The molecule has 31 heavy (non-hydrogen) atoms. The number of carbonyl (C=O) groups is 2. The molecule has 0 atom stereocenters. The molecule has 0 aliphatic rings. The average molecular weight is 489 g/mol. The lowest BCUT2D eigenvalue weighted by atomic mass is 9.94. The van der Waals surface area contributed by atoms with Gasteiger partial charge in [0.05, 0.1) is 7.11 Å². The van der Waals surface area contributed by atoms with Gasteiger partial charge in [0.15, 0.2) is 0 Å². The van der Waals surface area contributed by atoms with Gasteiger partial charge >= 0.3 is 11.9 Å². The third-order valence-corrected chi connectivity index (χ3v) is 4.93. The van der Waals surface area contributed by atoms with E-state index in [1.54, 1.807) is 18.2 Å². The Labute approximate surface area is 184 Å². The van der Waals surface area contributed by atoms with Crippen molar-refractivity contribution in [1.29, 1.82) is 0 Å². The summed E-state index contributed by atoms with van der Waals surface area (Å²) < 4.78 is 11.9. The van der Waals surface area contributed by atoms with Crippen LogP contribution in [0.2, 0.25) is 0 Å². The molecule has 0 aliphatic heterocycles. The smallest absolute Gasteiger partial charge is 0.342 e. The number of nitrogen functional groups attached to an aromatic ring is 1. The maximum absolute atomic E-state index is 12.2. The molecule has 9 nitrogen and oxygen atoms in total. The van der Waals surface area contributed by atoms with Crippen LogP contribution >= 0.6 is 15.9 Å². The zero-order valence-corrected chi connectivity index (χ0v) is 17.7. The number of aromatic carboxylic acids is 2. The second-order valence-corrected chi connectivity index (χ2v) is 7.29. The van der Waals surface area contributed by atoms with Gasteiger partial charge in [-0.2, -0.15) is 0 Å². The van der Waals surface area contributed by atoms with Gasteiger partial charge in [0.25, 0.3) is 5.56 Å². The lowest BCUT2D eigenvalue weighted by Gasteiger charge is -2.15. The number of carboxylic acid groups (broad SMARTS) is 2. The molecule has 160 valence electrons. The number of pyridine rings is 1. The van der Waals surface area contributed by atoms with Crippen LogP contribution in [-0.2, 0) is 6.61 Å². The van der Waals surface area contributed by atoms with Gasteiger partial charge in [-0.1, -0.05) is 28.1 Å². The van der Waals surface area contributed by atoms with E-state index >= 15 is 0 Å². The topological polar surface area (TPSA) is 152 Å². The molecule has 0 saturated heterocycles. The Morgan fingerprint density at radius 2 is 1.81 bits per heavy atom. The van der Waals surface area contributed by atoms with Gasteiger partial charge in [-0.15, -0.1) is 0 Å². The highest BCUT2D eigenvalue weighted by molar-refractivity contribution is 9.10. The lowest BCUT2D eigenvalue weighted by Crippen LogP contribution is -2.24. The molecule has 0 amide bonds. The molecule has 0 radical (unpaired) electrons. The van der Waals surface area contributed by atoms with E-state index in [1.165, 1.54) is 25.3 Å². The summed E-state index contributed by atoms with van der Waals surface area (Å²) in [5.74, 6) is -2.50. The molecule has 0 bridgehead atoms. The van der Waals surface area contributed by atoms with Crippen LogP contribution in [0.4, 0.5) is 5.82 Å². The lowest BCUT2D eigenvalue weighted by molar-refractivity contribution is 0.0695. The van der Waals surface area contributed by atoms with Crippen LogP contribution in [0.15, 0.2) is 51.7 Å². The van der Waals surface area contributed by atoms with Gasteiger partial charge in [-0.3, -0.25) is 4.79 Å². The number of nitrogens with two attached hydrogens (primary N) is 1. The second kappa shape index (κ2) is 8.92. The number of nitrogens with one attached hydrogen (secondary N) is 1. The predicted molar refractivity (Wildman–Crippen MR) is 116 cm³/mol. The Hall–Kier alpha value is -3.79. The molecule has 0 fully saturated rings. The number of hydrogen-bond acceptors (Lipinski definition) is 6. The van der Waals surface area contributed by atoms with E-state index < -0.39 is 34.4 Å². The van der Waals surface area contributed by atoms with Crippen molar-refractivity contribution in [2.75, 3.05) is 12.8 Å². The molecule has 0 saturated carbocycles. The number of rotatable bonds is 7. The summed E-state index contributed by atoms with van der Waals surface area (Å²) in [5.41, 5.74) is 3.82. The van der Waals surface area contributed by atoms with Crippen LogP contribution in [0.1, 0.15) is 26.3 Å². The number of anilines is 1. The van der Waals surface area contributed by atoms with Crippen LogP contribution in [-0.4, -0.2) is 34.2 Å². The van der Waals surface area contributed by atoms with Crippen molar-refractivity contribution in [2.24, 2.45) is 0 Å². The number of aromatic nitrogens is 1. The second-order valence-electron chi connectivity index (χ2n) is 6.38. The van der Waals surface area contributed by atoms with E-state index in [4.69, 9.17) is 15.2 Å². The van der Waals surface area contributed by atoms with Gasteiger partial charge in [0.1, 0.15) is 35.1 Å².